The molecule has 32 heavy (non-hydrogen) atoms. The minimum absolute atomic E-state index is 0.0489. The van der Waals surface area contributed by atoms with Gasteiger partial charge in [-0.3, -0.25) is 0 Å². The Kier molecular flexibility index (Phi) is 6.66. The van der Waals surface area contributed by atoms with Crippen molar-refractivity contribution >= 4 is 36.1 Å². The molecule has 0 aromatic heterocycles. The summed E-state index contributed by atoms with van der Waals surface area (Å²) in [7, 11) is 5.44. The number of halogens is 1. The van der Waals surface area contributed by atoms with Gasteiger partial charge in [-0.05, 0) is 0 Å². The molecule has 0 bridgehead atoms. The van der Waals surface area contributed by atoms with Crippen molar-refractivity contribution in [2.75, 3.05) is 39.2 Å². The van der Waals surface area contributed by atoms with Crippen molar-refractivity contribution in [1.29, 1.82) is 0 Å². The van der Waals surface area contributed by atoms with Crippen molar-refractivity contribution in [3.8, 4) is 11.1 Å². The van der Waals surface area contributed by atoms with Crippen molar-refractivity contribution in [1.82, 2.24) is 9.80 Å². The van der Waals surface area contributed by atoms with E-state index in [1.54, 1.807) is 0 Å². The van der Waals surface area contributed by atoms with Gasteiger partial charge in [0.2, 0.25) is 0 Å². The summed E-state index contributed by atoms with van der Waals surface area (Å²) in [6, 6.07) is 17.8. The van der Waals surface area contributed by atoms with Gasteiger partial charge < -0.3 is 0 Å². The van der Waals surface area contributed by atoms with Gasteiger partial charge >= 0.3 is 193 Å². The SMILES string of the molecule is CO/N=C1/C[C@@H](I2(C)=NOC(CN(C)C)=N2)N(C(=O)c2ccc(-c3ccccc3)cc2)C1. The van der Waals surface area contributed by atoms with Crippen LogP contribution >= 0.6 is 18.5 Å². The van der Waals surface area contributed by atoms with E-state index in [0.717, 1.165) is 16.8 Å². The zero-order valence-electron chi connectivity index (χ0n) is 18.7. The number of oxime groups is 1. The van der Waals surface area contributed by atoms with E-state index in [1.807, 2.05) is 66.4 Å². The molecule has 0 aliphatic carbocycles. The van der Waals surface area contributed by atoms with Gasteiger partial charge in [0, 0.05) is 0 Å². The standard InChI is InChI=1S/C23H28IN5O3/c1-24(25-22(32-27-24)16-28(2)3)21-14-20(26-31-4)15-29(21)23(30)19-12-10-18(11-13-19)17-8-6-5-7-9-17/h5-13,21H,14-16H2,1-4H3/b26-20-/t21-/m0/s1. The Morgan fingerprint density at radius 3 is 2.53 bits per heavy atom. The summed E-state index contributed by atoms with van der Waals surface area (Å²) in [5, 5.41) is 4.14. The number of carbonyl (C=O) groups is 1. The van der Waals surface area contributed by atoms with Crippen LogP contribution in [0.1, 0.15) is 16.8 Å². The monoisotopic (exact) mass is 549 g/mol. The van der Waals surface area contributed by atoms with Gasteiger partial charge in [-0.15, -0.1) is 0 Å². The second-order valence-electron chi connectivity index (χ2n) is 8.06. The number of rotatable bonds is 6. The first-order valence-electron chi connectivity index (χ1n) is 10.3. The molecular formula is C23H28IN5O3. The molecule has 9 heteroatoms. The van der Waals surface area contributed by atoms with Gasteiger partial charge in [-0.1, -0.05) is 0 Å². The molecule has 2 aliphatic rings. The van der Waals surface area contributed by atoms with Gasteiger partial charge in [0.1, 0.15) is 0 Å². The van der Waals surface area contributed by atoms with Gasteiger partial charge in [-0.2, -0.15) is 0 Å². The maximum atomic E-state index is 13.5. The molecule has 2 aromatic rings. The first-order valence-corrected chi connectivity index (χ1v) is 15.6. The predicted octanol–water partition coefficient (Wildman–Crippen LogP) is 4.20. The van der Waals surface area contributed by atoms with E-state index in [0.29, 0.717) is 31.0 Å². The van der Waals surface area contributed by atoms with Crippen LogP contribution in [0.15, 0.2) is 66.3 Å². The molecule has 1 amide bonds. The molecule has 8 nitrogen and oxygen atoms in total. The molecule has 2 aromatic carbocycles. The number of hydrogen-bond acceptors (Lipinski definition) is 7. The van der Waals surface area contributed by atoms with Crippen LogP contribution < -0.4 is 0 Å². The number of hydrogen-bond donors (Lipinski definition) is 0. The molecule has 4 rings (SSSR count). The van der Waals surface area contributed by atoms with Crippen molar-refractivity contribution in [2.24, 2.45) is 11.7 Å². The van der Waals surface area contributed by atoms with Gasteiger partial charge in [-0.25, -0.2) is 0 Å². The quantitative estimate of drug-likeness (QED) is 0.234. The van der Waals surface area contributed by atoms with E-state index in [-0.39, 0.29) is 9.96 Å². The first-order chi connectivity index (χ1) is 15.4. The Morgan fingerprint density at radius 1 is 1.19 bits per heavy atom. The molecule has 2 heterocycles. The van der Waals surface area contributed by atoms with Crippen LogP contribution in [0.5, 0.6) is 0 Å². The Bertz CT molecular complexity index is 1100. The van der Waals surface area contributed by atoms with Crippen LogP contribution in [-0.4, -0.2) is 70.6 Å². The van der Waals surface area contributed by atoms with Crippen molar-refractivity contribution in [2.45, 2.75) is 10.5 Å². The van der Waals surface area contributed by atoms with Crippen LogP contribution in [0.25, 0.3) is 11.1 Å². The van der Waals surface area contributed by atoms with Crippen molar-refractivity contribution < 1.29 is 14.5 Å². The molecule has 1 unspecified atom stereocenters. The van der Waals surface area contributed by atoms with Crippen LogP contribution in [0.2, 0.25) is 0 Å². The number of carbonyl (C=O) groups excluding carboxylic acids is 1. The molecule has 0 N–H and O–H groups in total. The third kappa shape index (κ3) is 4.73. The van der Waals surface area contributed by atoms with E-state index in [2.05, 4.69) is 25.5 Å². The Morgan fingerprint density at radius 2 is 1.88 bits per heavy atom. The second kappa shape index (κ2) is 9.45. The Labute approximate surface area is 192 Å². The molecule has 1 fully saturated rings. The number of alkyl halides is 2. The van der Waals surface area contributed by atoms with Gasteiger partial charge in [0.15, 0.2) is 0 Å². The molecule has 170 valence electrons. The van der Waals surface area contributed by atoms with Gasteiger partial charge in [0.25, 0.3) is 0 Å². The summed E-state index contributed by atoms with van der Waals surface area (Å²) in [5.74, 6) is 0.567. The van der Waals surface area contributed by atoms with E-state index >= 15 is 0 Å². The Hall–Kier alpha value is -2.66. The molecule has 0 radical (unpaired) electrons. The zero-order chi connectivity index (χ0) is 22.7. The predicted molar refractivity (Wildman–Crippen MR) is 135 cm³/mol. The number of nitrogens with zero attached hydrogens (tertiary/aromatic N) is 5. The summed E-state index contributed by atoms with van der Waals surface area (Å²) in [5.41, 5.74) is 3.65. The third-order valence-corrected chi connectivity index (χ3v) is 11.6. The second-order valence-corrected chi connectivity index (χ2v) is 15.1. The van der Waals surface area contributed by atoms with Crippen LogP contribution in [-0.2, 0) is 9.68 Å². The number of likely N-dealkylation sites (N-methyl/N-ethyl adjacent to an activating group) is 1. The number of benzene rings is 2. The molecule has 0 saturated carbocycles. The summed E-state index contributed by atoms with van der Waals surface area (Å²) in [4.78, 5) is 30.0. The van der Waals surface area contributed by atoms with Crippen molar-refractivity contribution in [3.63, 3.8) is 0 Å². The molecule has 2 atom stereocenters. The number of likely N-dealkylation sites (tertiary alicyclic amines) is 1. The average Bonchev–Trinajstić information content (AvgIpc) is 3.38. The van der Waals surface area contributed by atoms with Crippen molar-refractivity contribution in [3.05, 3.63) is 60.2 Å². The fraction of sp³-hybridized carbons (Fsp3) is 0.348. The fourth-order valence-electron chi connectivity index (χ4n) is 3.79. The topological polar surface area (TPSA) is 79.1 Å². The third-order valence-electron chi connectivity index (χ3n) is 5.29. The summed E-state index contributed by atoms with van der Waals surface area (Å²) in [6.07, 6.45) is 0.598. The fourth-order valence-corrected chi connectivity index (χ4v) is 9.48. The van der Waals surface area contributed by atoms with E-state index in [9.17, 15) is 4.79 Å². The summed E-state index contributed by atoms with van der Waals surface area (Å²) < 4.78 is 9.27. The summed E-state index contributed by atoms with van der Waals surface area (Å²) >= 11 is -3.16. The minimum atomic E-state index is -3.16. The van der Waals surface area contributed by atoms with E-state index in [4.69, 9.17) is 12.9 Å². The molecular weight excluding hydrogens is 521 g/mol. The van der Waals surface area contributed by atoms with E-state index < -0.39 is 18.5 Å². The van der Waals surface area contributed by atoms with Crippen LogP contribution in [0.4, 0.5) is 0 Å². The number of amides is 1. The normalized spacial score (nSPS) is 25.8. The van der Waals surface area contributed by atoms with Crippen LogP contribution in [0, 0.1) is 0 Å². The molecule has 1 saturated heterocycles. The zero-order valence-corrected chi connectivity index (χ0v) is 20.9. The van der Waals surface area contributed by atoms with Gasteiger partial charge in [0.05, 0.1) is 0 Å². The summed E-state index contributed by atoms with van der Waals surface area (Å²) in [6.45, 7) is 0.994. The molecule has 0 spiro atoms. The maximum absolute atomic E-state index is 13.5. The van der Waals surface area contributed by atoms with Crippen LogP contribution in [0.3, 0.4) is 0 Å². The first kappa shape index (κ1) is 22.5. The molecule has 2 aliphatic heterocycles. The average molecular weight is 549 g/mol. The Balaban J connectivity index is 1.61. The van der Waals surface area contributed by atoms with E-state index in [1.165, 1.54) is 7.11 Å².